The molecule has 4 N–H and O–H groups in total. The molecule has 0 bridgehead atoms. The fourth-order valence-electron chi connectivity index (χ4n) is 7.02. The van der Waals surface area contributed by atoms with Gasteiger partial charge in [0.1, 0.15) is 30.0 Å². The molecule has 16 heteroatoms. The molecule has 52 heavy (non-hydrogen) atoms. The average Bonchev–Trinajstić information content (AvgIpc) is 3.59. The number of ether oxygens (including phenoxy) is 2. The molecule has 0 spiro atoms. The second-order valence-electron chi connectivity index (χ2n) is 14.6. The predicted molar refractivity (Wildman–Crippen MR) is 184 cm³/mol. The van der Waals surface area contributed by atoms with E-state index in [4.69, 9.17) is 4.74 Å². The normalized spacial score (nSPS) is 23.7. The first kappa shape index (κ1) is 40.6. The highest BCUT2D eigenvalue weighted by Gasteiger charge is 2.43. The molecule has 1 saturated carbocycles. The summed E-state index contributed by atoms with van der Waals surface area (Å²) in [5.41, 5.74) is 0. The predicted octanol–water partition coefficient (Wildman–Crippen LogP) is 0.121. The monoisotopic (exact) mass is 731 g/mol. The van der Waals surface area contributed by atoms with Crippen LogP contribution in [0.25, 0.3) is 0 Å². The van der Waals surface area contributed by atoms with Crippen LogP contribution >= 0.6 is 0 Å². The number of hydrogen-bond donors (Lipinski definition) is 4. The molecule has 0 aromatic rings. The van der Waals surface area contributed by atoms with Crippen LogP contribution in [0.4, 0.5) is 0 Å². The highest BCUT2D eigenvalue weighted by atomic mass is 16.5. The fraction of sp³-hybridized carbons (Fsp3) is 0.722. The number of carboxylic acid groups (broad SMARTS) is 1. The third-order valence-corrected chi connectivity index (χ3v) is 10.1. The number of methoxy groups -OCH3 is 1. The van der Waals surface area contributed by atoms with Crippen molar-refractivity contribution >= 4 is 47.1 Å². The van der Waals surface area contributed by atoms with Crippen LogP contribution in [-0.4, -0.2) is 132 Å². The SMILES string of the molecule is COC(=O)/C=C/CC[C@H](CC(=O)[C@@H]1CC(=O)CN1)C(=O)N[C@@H](CC1CC1)C(=O)N1CCOC[C@H]1C(=O)N[C@@H](CC(C)C)C(=O)N1CCC[C@H]1C(=O)O. The maximum atomic E-state index is 14.3. The van der Waals surface area contributed by atoms with Gasteiger partial charge in [0.2, 0.25) is 23.6 Å². The van der Waals surface area contributed by atoms with Gasteiger partial charge < -0.3 is 40.3 Å². The molecule has 0 aromatic carbocycles. The number of esters is 1. The van der Waals surface area contributed by atoms with Gasteiger partial charge in [-0.25, -0.2) is 9.59 Å². The zero-order chi connectivity index (χ0) is 37.9. The van der Waals surface area contributed by atoms with E-state index < -0.39 is 71.7 Å². The maximum absolute atomic E-state index is 14.3. The number of ketones is 2. The summed E-state index contributed by atoms with van der Waals surface area (Å²) in [5.74, 6) is -4.87. The molecular weight excluding hydrogens is 678 g/mol. The number of amides is 4. The standard InChI is InChI=1S/C36H53N5O11/c1-21(2)15-26(34(47)40-12-6-8-28(40)36(49)50)39-33(46)29-20-52-14-13-41(29)35(48)27(16-22-10-11-22)38-32(45)23(7-4-5-9-31(44)51-3)17-30(43)25-18-24(42)19-37-25/h5,9,21-23,25-29,37H,4,6-8,10-20H2,1-3H3,(H,38,45)(H,39,46)(H,49,50)/b9-5+/t23-,25+,26+,27+,28+,29+/m1/s1. The number of hydrogen-bond acceptors (Lipinski definition) is 11. The number of carbonyl (C=O) groups is 8. The van der Waals surface area contributed by atoms with Crippen LogP contribution in [0.2, 0.25) is 0 Å². The average molecular weight is 732 g/mol. The number of likely N-dealkylation sites (tertiary alicyclic amines) is 1. The second-order valence-corrected chi connectivity index (χ2v) is 14.6. The molecular formula is C36H53N5O11. The summed E-state index contributed by atoms with van der Waals surface area (Å²) in [6.07, 6.45) is 6.29. The topological polar surface area (TPSA) is 218 Å². The quantitative estimate of drug-likeness (QED) is 0.109. The molecule has 0 unspecified atom stereocenters. The number of Topliss-reactive ketones (excluding diaryl/α,β-unsaturated/α-hetero) is 2. The zero-order valence-electron chi connectivity index (χ0n) is 30.3. The van der Waals surface area contributed by atoms with E-state index in [1.807, 2.05) is 13.8 Å². The first-order valence-electron chi connectivity index (χ1n) is 18.3. The summed E-state index contributed by atoms with van der Waals surface area (Å²) in [7, 11) is 1.24. The molecule has 3 saturated heterocycles. The Balaban J connectivity index is 1.49. The van der Waals surface area contributed by atoms with E-state index >= 15 is 0 Å². The summed E-state index contributed by atoms with van der Waals surface area (Å²) < 4.78 is 10.2. The summed E-state index contributed by atoms with van der Waals surface area (Å²) in [6.45, 7) is 4.19. The molecule has 4 fully saturated rings. The molecule has 288 valence electrons. The molecule has 4 amide bonds. The Kier molecular flexibility index (Phi) is 14.9. The van der Waals surface area contributed by atoms with E-state index in [1.54, 1.807) is 6.08 Å². The van der Waals surface area contributed by atoms with Crippen LogP contribution in [0.3, 0.4) is 0 Å². The van der Waals surface area contributed by atoms with Gasteiger partial charge in [-0.3, -0.25) is 28.8 Å². The largest absolute Gasteiger partial charge is 0.480 e. The van der Waals surface area contributed by atoms with E-state index in [0.29, 0.717) is 19.3 Å². The van der Waals surface area contributed by atoms with E-state index in [1.165, 1.54) is 23.0 Å². The first-order valence-corrected chi connectivity index (χ1v) is 18.3. The minimum atomic E-state index is -1.11. The second kappa shape index (κ2) is 19.1. The molecule has 6 atom stereocenters. The lowest BCUT2D eigenvalue weighted by Crippen LogP contribution is -2.62. The lowest BCUT2D eigenvalue weighted by Gasteiger charge is -2.38. The van der Waals surface area contributed by atoms with Crippen molar-refractivity contribution in [1.82, 2.24) is 25.8 Å². The van der Waals surface area contributed by atoms with E-state index in [9.17, 15) is 43.5 Å². The first-order chi connectivity index (χ1) is 24.8. The van der Waals surface area contributed by atoms with Crippen LogP contribution in [0.1, 0.15) is 78.1 Å². The number of carboxylic acids is 1. The van der Waals surface area contributed by atoms with Crippen molar-refractivity contribution in [3.63, 3.8) is 0 Å². The molecule has 4 aliphatic rings. The van der Waals surface area contributed by atoms with E-state index in [-0.39, 0.29) is 88.4 Å². The maximum Gasteiger partial charge on any atom is 0.330 e. The Morgan fingerprint density at radius 1 is 1.00 bits per heavy atom. The van der Waals surface area contributed by atoms with Crippen LogP contribution in [0, 0.1) is 17.8 Å². The van der Waals surface area contributed by atoms with Crippen LogP contribution < -0.4 is 16.0 Å². The van der Waals surface area contributed by atoms with Gasteiger partial charge in [-0.05, 0) is 50.4 Å². The number of nitrogens with zero attached hydrogens (tertiary/aromatic N) is 2. The molecule has 0 radical (unpaired) electrons. The van der Waals surface area contributed by atoms with Crippen LogP contribution in [-0.2, 0) is 47.8 Å². The van der Waals surface area contributed by atoms with E-state index in [0.717, 1.165) is 12.8 Å². The van der Waals surface area contributed by atoms with Gasteiger partial charge in [0, 0.05) is 37.9 Å². The number of aliphatic carboxylic acids is 1. The minimum absolute atomic E-state index is 0.0145. The Morgan fingerprint density at radius 3 is 2.35 bits per heavy atom. The number of allylic oxidation sites excluding steroid dienone is 1. The van der Waals surface area contributed by atoms with Gasteiger partial charge in [0.25, 0.3) is 0 Å². The van der Waals surface area contributed by atoms with Gasteiger partial charge >= 0.3 is 11.9 Å². The summed E-state index contributed by atoms with van der Waals surface area (Å²) in [6, 6.07) is -4.79. The molecule has 0 aromatic heterocycles. The van der Waals surface area contributed by atoms with Crippen molar-refractivity contribution < 1.29 is 52.9 Å². The van der Waals surface area contributed by atoms with Crippen molar-refractivity contribution in [2.75, 3.05) is 40.0 Å². The zero-order valence-corrected chi connectivity index (χ0v) is 30.3. The Hall–Kier alpha value is -4.18. The highest BCUT2D eigenvalue weighted by molar-refractivity contribution is 5.98. The van der Waals surface area contributed by atoms with Gasteiger partial charge in [0.15, 0.2) is 5.78 Å². The van der Waals surface area contributed by atoms with Crippen LogP contribution in [0.15, 0.2) is 12.2 Å². The van der Waals surface area contributed by atoms with E-state index in [2.05, 4.69) is 20.7 Å². The van der Waals surface area contributed by atoms with Crippen molar-refractivity contribution in [2.45, 2.75) is 108 Å². The molecule has 3 aliphatic heterocycles. The van der Waals surface area contributed by atoms with Crippen molar-refractivity contribution in [3.8, 4) is 0 Å². The summed E-state index contributed by atoms with van der Waals surface area (Å²) in [4.78, 5) is 107. The lowest BCUT2D eigenvalue weighted by molar-refractivity contribution is -0.153. The smallest absolute Gasteiger partial charge is 0.330 e. The molecule has 3 heterocycles. The third-order valence-electron chi connectivity index (χ3n) is 10.1. The minimum Gasteiger partial charge on any atom is -0.480 e. The summed E-state index contributed by atoms with van der Waals surface area (Å²) >= 11 is 0. The van der Waals surface area contributed by atoms with Crippen molar-refractivity contribution in [3.05, 3.63) is 12.2 Å². The van der Waals surface area contributed by atoms with Crippen molar-refractivity contribution in [2.24, 2.45) is 17.8 Å². The van der Waals surface area contributed by atoms with Gasteiger partial charge in [-0.1, -0.05) is 32.8 Å². The van der Waals surface area contributed by atoms with Crippen molar-refractivity contribution in [1.29, 1.82) is 0 Å². The molecule has 4 rings (SSSR count). The van der Waals surface area contributed by atoms with Gasteiger partial charge in [0.05, 0.1) is 32.9 Å². The number of morpholine rings is 1. The summed E-state index contributed by atoms with van der Waals surface area (Å²) in [5, 5.41) is 18.2. The van der Waals surface area contributed by atoms with Crippen LogP contribution in [0.5, 0.6) is 0 Å². The van der Waals surface area contributed by atoms with Gasteiger partial charge in [-0.15, -0.1) is 0 Å². The highest BCUT2D eigenvalue weighted by Crippen LogP contribution is 2.34. The Bertz CT molecular complexity index is 1400. The number of carbonyl (C=O) groups excluding carboxylic acids is 7. The molecule has 1 aliphatic carbocycles. The third kappa shape index (κ3) is 11.4. The number of rotatable bonds is 18. The van der Waals surface area contributed by atoms with Gasteiger partial charge in [-0.2, -0.15) is 0 Å². The number of nitrogens with one attached hydrogen (secondary N) is 3. The Labute approximate surface area is 303 Å². The lowest BCUT2D eigenvalue weighted by atomic mass is 9.92. The molecule has 16 nitrogen and oxygen atoms in total. The Morgan fingerprint density at radius 2 is 1.71 bits per heavy atom. The fourth-order valence-corrected chi connectivity index (χ4v) is 7.02.